The van der Waals surface area contributed by atoms with Gasteiger partial charge in [0.25, 0.3) is 5.69 Å². The highest BCUT2D eigenvalue weighted by atomic mass is 16.6. The Morgan fingerprint density at radius 3 is 2.82 bits per heavy atom. The van der Waals surface area contributed by atoms with E-state index in [1.54, 1.807) is 19.2 Å². The van der Waals surface area contributed by atoms with Gasteiger partial charge in [-0.15, -0.1) is 0 Å². The maximum absolute atomic E-state index is 10.8. The Bertz CT molecular complexity index is 700. The Hall–Kier alpha value is -2.70. The molecule has 3 rings (SSSR count). The molecule has 0 unspecified atom stereocenters. The van der Waals surface area contributed by atoms with Gasteiger partial charge in [0.05, 0.1) is 10.6 Å². The summed E-state index contributed by atoms with van der Waals surface area (Å²) in [6.07, 6.45) is 2.34. The lowest BCUT2D eigenvalue weighted by molar-refractivity contribution is -0.384. The molecular formula is C15H17N5O2. The number of hydrogen-bond acceptors (Lipinski definition) is 6. The number of hydrogen-bond donors (Lipinski definition) is 2. The molecule has 1 aromatic heterocycles. The zero-order valence-electron chi connectivity index (χ0n) is 12.2. The largest absolute Gasteiger partial charge is 0.366 e. The summed E-state index contributed by atoms with van der Waals surface area (Å²) in [5, 5.41) is 17.0. The molecule has 0 radical (unpaired) electrons. The number of aromatic nitrogens is 2. The van der Waals surface area contributed by atoms with Crippen molar-refractivity contribution in [1.29, 1.82) is 0 Å². The molecule has 1 fully saturated rings. The summed E-state index contributed by atoms with van der Waals surface area (Å²) >= 11 is 0. The van der Waals surface area contributed by atoms with Gasteiger partial charge in [-0.3, -0.25) is 10.1 Å². The van der Waals surface area contributed by atoms with Gasteiger partial charge < -0.3 is 10.6 Å². The van der Waals surface area contributed by atoms with Crippen LogP contribution in [0.2, 0.25) is 0 Å². The third-order valence-electron chi connectivity index (χ3n) is 3.56. The SMILES string of the molecule is CNc1nc(NCc2cccc([N+](=O)[O-])c2)cc(C2CC2)n1. The second-order valence-electron chi connectivity index (χ2n) is 5.31. The summed E-state index contributed by atoms with van der Waals surface area (Å²) in [7, 11) is 1.79. The molecule has 1 heterocycles. The van der Waals surface area contributed by atoms with Crippen LogP contribution in [0.5, 0.6) is 0 Å². The molecular weight excluding hydrogens is 282 g/mol. The molecule has 7 heteroatoms. The Morgan fingerprint density at radius 1 is 1.32 bits per heavy atom. The van der Waals surface area contributed by atoms with Gasteiger partial charge in [0.15, 0.2) is 0 Å². The Kier molecular flexibility index (Phi) is 3.86. The minimum Gasteiger partial charge on any atom is -0.366 e. The van der Waals surface area contributed by atoms with Crippen molar-refractivity contribution in [2.45, 2.75) is 25.3 Å². The van der Waals surface area contributed by atoms with Gasteiger partial charge in [-0.05, 0) is 18.4 Å². The van der Waals surface area contributed by atoms with E-state index in [2.05, 4.69) is 20.6 Å². The summed E-state index contributed by atoms with van der Waals surface area (Å²) in [4.78, 5) is 19.2. The van der Waals surface area contributed by atoms with E-state index in [1.165, 1.54) is 18.9 Å². The van der Waals surface area contributed by atoms with Crippen molar-refractivity contribution in [3.8, 4) is 0 Å². The first-order valence-corrected chi connectivity index (χ1v) is 7.19. The smallest absolute Gasteiger partial charge is 0.269 e. The molecule has 7 nitrogen and oxygen atoms in total. The number of nitrogens with zero attached hydrogens (tertiary/aromatic N) is 3. The Balaban J connectivity index is 1.74. The Labute approximate surface area is 127 Å². The van der Waals surface area contributed by atoms with Crippen LogP contribution in [0.1, 0.15) is 30.0 Å². The van der Waals surface area contributed by atoms with Crippen molar-refractivity contribution in [2.75, 3.05) is 17.7 Å². The first-order chi connectivity index (χ1) is 10.7. The monoisotopic (exact) mass is 299 g/mol. The van der Waals surface area contributed by atoms with Gasteiger partial charge in [-0.2, -0.15) is 4.98 Å². The van der Waals surface area contributed by atoms with Crippen LogP contribution < -0.4 is 10.6 Å². The summed E-state index contributed by atoms with van der Waals surface area (Å²) < 4.78 is 0. The lowest BCUT2D eigenvalue weighted by Gasteiger charge is -2.09. The van der Waals surface area contributed by atoms with Crippen LogP contribution in [0.15, 0.2) is 30.3 Å². The molecule has 0 aliphatic heterocycles. The van der Waals surface area contributed by atoms with Crippen LogP contribution in [0.3, 0.4) is 0 Å². The van der Waals surface area contributed by atoms with Gasteiger partial charge in [0, 0.05) is 37.7 Å². The molecule has 1 saturated carbocycles. The second kappa shape index (κ2) is 5.97. The molecule has 1 aliphatic rings. The maximum Gasteiger partial charge on any atom is 0.269 e. The van der Waals surface area contributed by atoms with E-state index in [0.29, 0.717) is 18.4 Å². The van der Waals surface area contributed by atoms with Crippen LogP contribution in [0.4, 0.5) is 17.5 Å². The second-order valence-corrected chi connectivity index (χ2v) is 5.31. The van der Waals surface area contributed by atoms with E-state index < -0.39 is 4.92 Å². The molecule has 114 valence electrons. The van der Waals surface area contributed by atoms with Crippen molar-refractivity contribution < 1.29 is 4.92 Å². The van der Waals surface area contributed by atoms with Gasteiger partial charge in [-0.25, -0.2) is 4.98 Å². The average Bonchev–Trinajstić information content (AvgIpc) is 3.38. The molecule has 1 aliphatic carbocycles. The molecule has 0 atom stereocenters. The number of benzene rings is 1. The van der Waals surface area contributed by atoms with Crippen molar-refractivity contribution in [2.24, 2.45) is 0 Å². The quantitative estimate of drug-likeness (QED) is 0.629. The van der Waals surface area contributed by atoms with Crippen molar-refractivity contribution in [1.82, 2.24) is 9.97 Å². The fraction of sp³-hybridized carbons (Fsp3) is 0.333. The number of nitro benzene ring substituents is 1. The molecule has 0 spiro atoms. The topological polar surface area (TPSA) is 93.0 Å². The highest BCUT2D eigenvalue weighted by Gasteiger charge is 2.26. The van der Waals surface area contributed by atoms with Gasteiger partial charge in [0.1, 0.15) is 5.82 Å². The molecule has 1 aromatic carbocycles. The first-order valence-electron chi connectivity index (χ1n) is 7.19. The fourth-order valence-corrected chi connectivity index (χ4v) is 2.23. The van der Waals surface area contributed by atoms with Gasteiger partial charge in [0.2, 0.25) is 5.95 Å². The van der Waals surface area contributed by atoms with E-state index in [-0.39, 0.29) is 5.69 Å². The first kappa shape index (κ1) is 14.2. The zero-order valence-corrected chi connectivity index (χ0v) is 12.2. The molecule has 2 aromatic rings. The van der Waals surface area contributed by atoms with E-state index in [9.17, 15) is 10.1 Å². The van der Waals surface area contributed by atoms with Gasteiger partial charge in [-0.1, -0.05) is 12.1 Å². The van der Waals surface area contributed by atoms with Crippen LogP contribution >= 0.6 is 0 Å². The molecule has 0 amide bonds. The summed E-state index contributed by atoms with van der Waals surface area (Å²) in [5.41, 5.74) is 1.98. The number of rotatable bonds is 6. The maximum atomic E-state index is 10.8. The summed E-state index contributed by atoms with van der Waals surface area (Å²) in [6, 6.07) is 8.54. The zero-order chi connectivity index (χ0) is 15.5. The number of anilines is 2. The normalized spacial score (nSPS) is 13.7. The third-order valence-corrected chi connectivity index (χ3v) is 3.56. The highest BCUT2D eigenvalue weighted by Crippen LogP contribution is 2.39. The molecule has 22 heavy (non-hydrogen) atoms. The average molecular weight is 299 g/mol. The van der Waals surface area contributed by atoms with E-state index in [0.717, 1.165) is 17.1 Å². The summed E-state index contributed by atoms with van der Waals surface area (Å²) in [6.45, 7) is 0.478. The minimum absolute atomic E-state index is 0.0940. The van der Waals surface area contributed by atoms with Crippen LogP contribution in [0, 0.1) is 10.1 Å². The predicted octanol–water partition coefficient (Wildman–Crippen LogP) is 2.92. The highest BCUT2D eigenvalue weighted by molar-refractivity contribution is 5.45. The number of nitrogens with one attached hydrogen (secondary N) is 2. The van der Waals surface area contributed by atoms with E-state index in [4.69, 9.17) is 0 Å². The van der Waals surface area contributed by atoms with E-state index >= 15 is 0 Å². The van der Waals surface area contributed by atoms with Gasteiger partial charge >= 0.3 is 0 Å². The van der Waals surface area contributed by atoms with E-state index in [1.807, 2.05) is 12.1 Å². The Morgan fingerprint density at radius 2 is 2.14 bits per heavy atom. The van der Waals surface area contributed by atoms with Crippen molar-refractivity contribution in [3.05, 3.63) is 51.7 Å². The van der Waals surface area contributed by atoms with Crippen LogP contribution in [0.25, 0.3) is 0 Å². The molecule has 0 saturated heterocycles. The van der Waals surface area contributed by atoms with Crippen molar-refractivity contribution >= 4 is 17.5 Å². The standard InChI is InChI=1S/C15H17N5O2/c1-16-15-18-13(11-5-6-11)8-14(19-15)17-9-10-3-2-4-12(7-10)20(21)22/h2-4,7-8,11H,5-6,9H2,1H3,(H2,16,17,18,19). The third kappa shape index (κ3) is 3.30. The lowest BCUT2D eigenvalue weighted by Crippen LogP contribution is -2.06. The van der Waals surface area contributed by atoms with Crippen LogP contribution in [-0.4, -0.2) is 21.9 Å². The lowest BCUT2D eigenvalue weighted by atomic mass is 10.2. The number of nitro groups is 1. The predicted molar refractivity (Wildman–Crippen MR) is 84.0 cm³/mol. The fourth-order valence-electron chi connectivity index (χ4n) is 2.23. The summed E-state index contributed by atoms with van der Waals surface area (Å²) in [5.74, 6) is 1.85. The minimum atomic E-state index is -0.390. The number of non-ortho nitro benzene ring substituents is 1. The van der Waals surface area contributed by atoms with Crippen molar-refractivity contribution in [3.63, 3.8) is 0 Å². The van der Waals surface area contributed by atoms with Crippen LogP contribution in [-0.2, 0) is 6.54 Å². The molecule has 0 bridgehead atoms. The molecule has 2 N–H and O–H groups in total.